The van der Waals surface area contributed by atoms with E-state index in [2.05, 4.69) is 5.32 Å². The summed E-state index contributed by atoms with van der Waals surface area (Å²) in [5.41, 5.74) is 1.88. The van der Waals surface area contributed by atoms with Gasteiger partial charge >= 0.3 is 11.9 Å². The Bertz CT molecular complexity index is 658. The predicted octanol–water partition coefficient (Wildman–Crippen LogP) is 2.36. The van der Waals surface area contributed by atoms with E-state index in [-0.39, 0.29) is 6.42 Å². The van der Waals surface area contributed by atoms with Gasteiger partial charge in [0.05, 0.1) is 0 Å². The van der Waals surface area contributed by atoms with Crippen LogP contribution in [0.1, 0.15) is 17.5 Å². The van der Waals surface area contributed by atoms with Gasteiger partial charge in [-0.25, -0.2) is 0 Å². The zero-order chi connectivity index (χ0) is 17.4. The summed E-state index contributed by atoms with van der Waals surface area (Å²) in [5.74, 6) is -2.09. The van der Waals surface area contributed by atoms with Gasteiger partial charge in [0.25, 0.3) is 0 Å². The van der Waals surface area contributed by atoms with Crippen LogP contribution < -0.4 is 5.32 Å². The molecule has 3 N–H and O–H groups in total. The summed E-state index contributed by atoms with van der Waals surface area (Å²) in [6.45, 7) is 0. The molecule has 2 aromatic carbocycles. The first-order chi connectivity index (χ1) is 11.6. The highest BCUT2D eigenvalue weighted by atomic mass is 16.4. The van der Waals surface area contributed by atoms with Gasteiger partial charge in [0.1, 0.15) is 12.1 Å². The highest BCUT2D eigenvalue weighted by Crippen LogP contribution is 2.09. The Morgan fingerprint density at radius 1 is 0.792 bits per heavy atom. The summed E-state index contributed by atoms with van der Waals surface area (Å²) in [5, 5.41) is 21.6. The van der Waals surface area contributed by atoms with Crippen LogP contribution in [0.2, 0.25) is 0 Å². The molecule has 2 atom stereocenters. The highest BCUT2D eigenvalue weighted by molar-refractivity contribution is 5.77. The van der Waals surface area contributed by atoms with Crippen LogP contribution in [0.15, 0.2) is 60.7 Å². The van der Waals surface area contributed by atoms with E-state index in [1.807, 2.05) is 60.7 Å². The lowest BCUT2D eigenvalue weighted by Gasteiger charge is -2.20. The summed E-state index contributed by atoms with van der Waals surface area (Å²) in [6, 6.07) is 16.9. The van der Waals surface area contributed by atoms with Crippen molar-refractivity contribution in [1.29, 1.82) is 0 Å². The van der Waals surface area contributed by atoms with Gasteiger partial charge in [0, 0.05) is 0 Å². The normalized spacial score (nSPS) is 13.2. The maximum Gasteiger partial charge on any atom is 0.321 e. The van der Waals surface area contributed by atoms with Crippen molar-refractivity contribution < 1.29 is 19.8 Å². The minimum Gasteiger partial charge on any atom is -0.480 e. The number of rotatable bonds is 9. The number of carboxylic acids is 2. The summed E-state index contributed by atoms with van der Waals surface area (Å²) in [4.78, 5) is 23.0. The number of carboxylic acid groups (broad SMARTS) is 2. The number of aryl methyl sites for hydroxylation is 1. The van der Waals surface area contributed by atoms with E-state index in [4.69, 9.17) is 0 Å². The lowest BCUT2D eigenvalue weighted by Crippen LogP contribution is -2.48. The van der Waals surface area contributed by atoms with E-state index in [9.17, 15) is 19.8 Å². The third-order valence-corrected chi connectivity index (χ3v) is 3.85. The van der Waals surface area contributed by atoms with E-state index in [0.717, 1.165) is 11.1 Å². The van der Waals surface area contributed by atoms with Crippen molar-refractivity contribution in [1.82, 2.24) is 5.32 Å². The molecule has 0 bridgehead atoms. The Balaban J connectivity index is 2.00. The minimum absolute atomic E-state index is 0.241. The van der Waals surface area contributed by atoms with Gasteiger partial charge in [-0.1, -0.05) is 60.7 Å². The van der Waals surface area contributed by atoms with E-state index in [1.54, 1.807) is 0 Å². The summed E-state index contributed by atoms with van der Waals surface area (Å²) < 4.78 is 0. The van der Waals surface area contributed by atoms with E-state index in [1.165, 1.54) is 0 Å². The van der Waals surface area contributed by atoms with Crippen LogP contribution in [0.3, 0.4) is 0 Å². The maximum absolute atomic E-state index is 11.5. The van der Waals surface area contributed by atoms with Crippen molar-refractivity contribution in [2.75, 3.05) is 0 Å². The lowest BCUT2D eigenvalue weighted by molar-refractivity contribution is -0.142. The highest BCUT2D eigenvalue weighted by Gasteiger charge is 2.25. The molecule has 0 aromatic heterocycles. The first-order valence-corrected chi connectivity index (χ1v) is 7.86. The zero-order valence-corrected chi connectivity index (χ0v) is 13.3. The molecule has 1 unspecified atom stereocenters. The van der Waals surface area contributed by atoms with Crippen LogP contribution in [0.5, 0.6) is 0 Å². The Morgan fingerprint density at radius 2 is 1.29 bits per heavy atom. The Hall–Kier alpha value is -2.66. The molecule has 2 rings (SSSR count). The quantitative estimate of drug-likeness (QED) is 0.658. The zero-order valence-electron chi connectivity index (χ0n) is 13.3. The van der Waals surface area contributed by atoms with Gasteiger partial charge in [0.2, 0.25) is 0 Å². The second kappa shape index (κ2) is 8.84. The molecule has 0 aliphatic carbocycles. The van der Waals surface area contributed by atoms with Crippen LogP contribution in [0.25, 0.3) is 0 Å². The van der Waals surface area contributed by atoms with Crippen LogP contribution in [-0.4, -0.2) is 34.2 Å². The van der Waals surface area contributed by atoms with Crippen molar-refractivity contribution >= 4 is 11.9 Å². The van der Waals surface area contributed by atoms with Crippen molar-refractivity contribution in [3.05, 3.63) is 71.8 Å². The summed E-state index contributed by atoms with van der Waals surface area (Å²) in [7, 11) is 0. The smallest absolute Gasteiger partial charge is 0.321 e. The Morgan fingerprint density at radius 3 is 1.79 bits per heavy atom. The van der Waals surface area contributed by atoms with Crippen LogP contribution >= 0.6 is 0 Å². The van der Waals surface area contributed by atoms with E-state index < -0.39 is 24.0 Å². The fourth-order valence-electron chi connectivity index (χ4n) is 2.54. The fraction of sp³-hybridized carbons (Fsp3) is 0.263. The molecule has 0 saturated carbocycles. The minimum atomic E-state index is -1.05. The molecule has 0 spiro atoms. The maximum atomic E-state index is 11.5. The summed E-state index contributed by atoms with van der Waals surface area (Å²) in [6.07, 6.45) is 1.14. The van der Waals surface area contributed by atoms with Crippen molar-refractivity contribution in [3.63, 3.8) is 0 Å². The molecule has 0 aliphatic heterocycles. The molecule has 0 amide bonds. The average Bonchev–Trinajstić information content (AvgIpc) is 2.59. The molecule has 5 heteroatoms. The van der Waals surface area contributed by atoms with E-state index in [0.29, 0.717) is 12.8 Å². The third kappa shape index (κ3) is 5.52. The molecular weight excluding hydrogens is 306 g/mol. The number of hydrogen-bond acceptors (Lipinski definition) is 3. The van der Waals surface area contributed by atoms with Crippen molar-refractivity contribution in [2.45, 2.75) is 31.3 Å². The van der Waals surface area contributed by atoms with Gasteiger partial charge in [-0.2, -0.15) is 0 Å². The molecule has 0 heterocycles. The lowest BCUT2D eigenvalue weighted by atomic mass is 10.0. The first kappa shape index (κ1) is 17.7. The van der Waals surface area contributed by atoms with Crippen molar-refractivity contribution in [3.8, 4) is 0 Å². The topological polar surface area (TPSA) is 86.6 Å². The molecular formula is C19H21NO4. The Kier molecular flexibility index (Phi) is 6.51. The van der Waals surface area contributed by atoms with Gasteiger partial charge < -0.3 is 10.2 Å². The first-order valence-electron chi connectivity index (χ1n) is 7.86. The molecule has 24 heavy (non-hydrogen) atoms. The van der Waals surface area contributed by atoms with Gasteiger partial charge in [0.15, 0.2) is 0 Å². The second-order valence-electron chi connectivity index (χ2n) is 5.66. The van der Waals surface area contributed by atoms with E-state index >= 15 is 0 Å². The predicted molar refractivity (Wildman–Crippen MR) is 90.9 cm³/mol. The standard InChI is InChI=1S/C19H21NO4/c21-18(22)16(12-11-14-7-3-1-4-8-14)20-17(19(23)24)13-15-9-5-2-6-10-15/h1-10,16-17,20H,11-13H2,(H,21,22)(H,23,24)/t16?,17-/m0/s1. The van der Waals surface area contributed by atoms with Gasteiger partial charge in [-0.05, 0) is 30.4 Å². The molecule has 0 aliphatic rings. The molecule has 0 saturated heterocycles. The molecule has 2 aromatic rings. The number of hydrogen-bond donors (Lipinski definition) is 3. The largest absolute Gasteiger partial charge is 0.480 e. The average molecular weight is 327 g/mol. The van der Waals surface area contributed by atoms with Gasteiger partial charge in [-0.3, -0.25) is 14.9 Å². The number of aliphatic carboxylic acids is 2. The third-order valence-electron chi connectivity index (χ3n) is 3.85. The van der Waals surface area contributed by atoms with Crippen LogP contribution in [0, 0.1) is 0 Å². The second-order valence-corrected chi connectivity index (χ2v) is 5.66. The molecule has 126 valence electrons. The summed E-state index contributed by atoms with van der Waals surface area (Å²) >= 11 is 0. The van der Waals surface area contributed by atoms with Crippen LogP contribution in [-0.2, 0) is 22.4 Å². The SMILES string of the molecule is O=C(O)C(CCc1ccccc1)N[C@@H](Cc1ccccc1)C(=O)O. The van der Waals surface area contributed by atoms with Crippen molar-refractivity contribution in [2.24, 2.45) is 0 Å². The monoisotopic (exact) mass is 327 g/mol. The fourth-order valence-corrected chi connectivity index (χ4v) is 2.54. The van der Waals surface area contributed by atoms with Crippen LogP contribution in [0.4, 0.5) is 0 Å². The number of benzene rings is 2. The molecule has 0 radical (unpaired) electrons. The molecule has 5 nitrogen and oxygen atoms in total. The van der Waals surface area contributed by atoms with Gasteiger partial charge in [-0.15, -0.1) is 0 Å². The number of nitrogens with one attached hydrogen (secondary N) is 1. The Labute approximate surface area is 141 Å². The molecule has 0 fully saturated rings. The number of carbonyl (C=O) groups is 2.